The first-order valence-electron chi connectivity index (χ1n) is 14.0. The van der Waals surface area contributed by atoms with Gasteiger partial charge in [0.15, 0.2) is 5.65 Å². The smallest absolute Gasteiger partial charge is 0.266 e. The number of aromatic nitrogens is 5. The van der Waals surface area contributed by atoms with Crippen LogP contribution in [-0.2, 0) is 4.79 Å². The minimum absolute atomic E-state index is 0.118. The lowest BCUT2D eigenvalue weighted by Crippen LogP contribution is -2.33. The Hall–Kier alpha value is -3.51. The molecule has 0 aromatic carbocycles. The average molecular weight is 578 g/mol. The molecule has 2 amide bonds. The van der Waals surface area contributed by atoms with Crippen LogP contribution in [0.25, 0.3) is 5.65 Å². The molecule has 3 heterocycles. The Morgan fingerprint density at radius 1 is 1.12 bits per heavy atom. The molecule has 222 valence electrons. The summed E-state index contributed by atoms with van der Waals surface area (Å²) in [7, 11) is 0. The monoisotopic (exact) mass is 577 g/mol. The lowest BCUT2D eigenvalue weighted by molar-refractivity contribution is -0.128. The molecule has 3 N–H and O–H groups in total. The largest absolute Gasteiger partial charge is 0.364 e. The number of carbonyl (C=O) groups is 2. The lowest BCUT2D eigenvalue weighted by atomic mass is 9.76. The van der Waals surface area contributed by atoms with Crippen LogP contribution in [0.5, 0.6) is 0 Å². The molecule has 0 radical (unpaired) electrons. The van der Waals surface area contributed by atoms with Crippen LogP contribution in [0.4, 0.5) is 17.6 Å². The van der Waals surface area contributed by atoms with Gasteiger partial charge in [0.25, 0.3) is 11.8 Å². The third kappa shape index (κ3) is 6.54. The fourth-order valence-electron chi connectivity index (χ4n) is 5.81. The summed E-state index contributed by atoms with van der Waals surface area (Å²) in [5, 5.41) is 11.9. The number of halogens is 4. The van der Waals surface area contributed by atoms with E-state index in [1.54, 1.807) is 29.0 Å². The number of fused-ring (bicyclic) bond motifs is 1. The highest BCUT2D eigenvalue weighted by atomic mass is 19.3. The van der Waals surface area contributed by atoms with Gasteiger partial charge in [-0.1, -0.05) is 0 Å². The van der Waals surface area contributed by atoms with E-state index in [0.29, 0.717) is 29.5 Å². The normalized spacial score (nSPS) is 19.4. The van der Waals surface area contributed by atoms with Crippen molar-refractivity contribution in [2.45, 2.75) is 95.6 Å². The van der Waals surface area contributed by atoms with E-state index in [0.717, 1.165) is 12.8 Å². The minimum Gasteiger partial charge on any atom is -0.364 e. The topological polar surface area (TPSA) is 120 Å². The molecule has 3 aromatic rings. The Kier molecular flexibility index (Phi) is 7.58. The van der Waals surface area contributed by atoms with E-state index in [1.807, 2.05) is 13.8 Å². The number of hydrogen-bond donors (Lipinski definition) is 2. The second-order valence-corrected chi connectivity index (χ2v) is 11.9. The highest BCUT2D eigenvalue weighted by Gasteiger charge is 2.41. The third-order valence-corrected chi connectivity index (χ3v) is 7.97. The van der Waals surface area contributed by atoms with E-state index in [2.05, 4.69) is 15.5 Å². The summed E-state index contributed by atoms with van der Waals surface area (Å²) in [6, 6.07) is 2.75. The maximum absolute atomic E-state index is 14.1. The Morgan fingerprint density at radius 2 is 1.80 bits per heavy atom. The van der Waals surface area contributed by atoms with Gasteiger partial charge in [-0.25, -0.2) is 27.1 Å². The maximum Gasteiger partial charge on any atom is 0.266 e. The predicted octanol–water partition coefficient (Wildman–Crippen LogP) is 5.18. The zero-order valence-corrected chi connectivity index (χ0v) is 23.3. The number of alkyl halides is 4. The molecule has 0 unspecified atom stereocenters. The van der Waals surface area contributed by atoms with E-state index < -0.39 is 42.0 Å². The molecule has 0 saturated heterocycles. The van der Waals surface area contributed by atoms with Gasteiger partial charge in [0.1, 0.15) is 5.69 Å². The van der Waals surface area contributed by atoms with Gasteiger partial charge in [-0.15, -0.1) is 0 Å². The molecule has 9 nitrogen and oxygen atoms in total. The molecule has 0 bridgehead atoms. The lowest BCUT2D eigenvalue weighted by Gasteiger charge is -2.32. The zero-order valence-electron chi connectivity index (χ0n) is 23.3. The first-order valence-corrected chi connectivity index (χ1v) is 14.0. The van der Waals surface area contributed by atoms with Gasteiger partial charge in [-0.2, -0.15) is 10.2 Å². The fraction of sp³-hybridized carbons (Fsp3) is 0.607. The summed E-state index contributed by atoms with van der Waals surface area (Å²) >= 11 is 0. The molecule has 0 spiro atoms. The van der Waals surface area contributed by atoms with Crippen molar-refractivity contribution in [3.05, 3.63) is 47.2 Å². The van der Waals surface area contributed by atoms with Crippen molar-refractivity contribution in [3.63, 3.8) is 0 Å². The number of imidazole rings is 1. The summed E-state index contributed by atoms with van der Waals surface area (Å²) in [4.78, 5) is 29.3. The number of primary amides is 1. The summed E-state index contributed by atoms with van der Waals surface area (Å²) in [6.07, 6.45) is 4.11. The molecule has 5 rings (SSSR count). The van der Waals surface area contributed by atoms with Crippen molar-refractivity contribution in [1.29, 1.82) is 0 Å². The Balaban J connectivity index is 1.51. The van der Waals surface area contributed by atoms with Gasteiger partial charge >= 0.3 is 0 Å². The van der Waals surface area contributed by atoms with Crippen molar-refractivity contribution in [3.8, 4) is 0 Å². The molecule has 13 heteroatoms. The third-order valence-electron chi connectivity index (χ3n) is 7.97. The maximum atomic E-state index is 14.1. The number of nitrogens with one attached hydrogen (secondary N) is 1. The highest BCUT2D eigenvalue weighted by molar-refractivity contribution is 5.91. The zero-order chi connectivity index (χ0) is 29.7. The number of amides is 2. The second-order valence-electron chi connectivity index (χ2n) is 11.9. The SMILES string of the molecule is CC(C)n1nc([C@H](c2cn3ncc([C@H](NC(=O)CC(C)(F)F)C4CC4)cc3n2)C2CCC(F)(F)CC2)cc1C(N)=O. The van der Waals surface area contributed by atoms with E-state index in [4.69, 9.17) is 10.7 Å². The van der Waals surface area contributed by atoms with Crippen molar-refractivity contribution in [1.82, 2.24) is 29.7 Å². The summed E-state index contributed by atoms with van der Waals surface area (Å²) in [5.74, 6) is -7.79. The summed E-state index contributed by atoms with van der Waals surface area (Å²) in [5.41, 5.74) is 8.05. The van der Waals surface area contributed by atoms with Gasteiger partial charge in [0.05, 0.1) is 36.2 Å². The van der Waals surface area contributed by atoms with Crippen LogP contribution >= 0.6 is 0 Å². The van der Waals surface area contributed by atoms with Crippen LogP contribution in [0.15, 0.2) is 24.5 Å². The number of nitrogens with zero attached hydrogens (tertiary/aromatic N) is 5. The molecule has 41 heavy (non-hydrogen) atoms. The van der Waals surface area contributed by atoms with Crippen LogP contribution in [0.1, 0.15) is 111 Å². The molecule has 2 saturated carbocycles. The average Bonchev–Trinajstić information content (AvgIpc) is 3.46. The fourth-order valence-corrected chi connectivity index (χ4v) is 5.81. The van der Waals surface area contributed by atoms with E-state index in [9.17, 15) is 27.2 Å². The number of nitrogens with two attached hydrogens (primary N) is 1. The van der Waals surface area contributed by atoms with Gasteiger partial charge < -0.3 is 11.1 Å². The van der Waals surface area contributed by atoms with Gasteiger partial charge in [0.2, 0.25) is 11.8 Å². The molecule has 2 aliphatic rings. The van der Waals surface area contributed by atoms with Gasteiger partial charge in [-0.05, 0) is 76.0 Å². The molecule has 2 atom stereocenters. The molecular formula is C28H35F4N7O2. The summed E-state index contributed by atoms with van der Waals surface area (Å²) in [6.45, 7) is 4.44. The van der Waals surface area contributed by atoms with Crippen LogP contribution < -0.4 is 11.1 Å². The predicted molar refractivity (Wildman–Crippen MR) is 142 cm³/mol. The minimum atomic E-state index is -3.12. The Bertz CT molecular complexity index is 1430. The van der Waals surface area contributed by atoms with Gasteiger partial charge in [0, 0.05) is 24.8 Å². The molecule has 0 aliphatic heterocycles. The first kappa shape index (κ1) is 29.0. The highest BCUT2D eigenvalue weighted by Crippen LogP contribution is 2.45. The van der Waals surface area contributed by atoms with Gasteiger partial charge in [-0.3, -0.25) is 14.3 Å². The van der Waals surface area contributed by atoms with E-state index >= 15 is 0 Å². The number of carbonyl (C=O) groups excluding carboxylic acids is 2. The summed E-state index contributed by atoms with van der Waals surface area (Å²) < 4.78 is 58.1. The van der Waals surface area contributed by atoms with Crippen LogP contribution in [0.3, 0.4) is 0 Å². The van der Waals surface area contributed by atoms with E-state index in [-0.39, 0.29) is 49.3 Å². The molecule has 3 aromatic heterocycles. The van der Waals surface area contributed by atoms with Crippen molar-refractivity contribution >= 4 is 17.5 Å². The standard InChI is InChI=1S/C28H35F4N7O2/c1-15(2)39-21(26(33)41)11-19(37-39)24(16-6-8-28(31,32)9-7-16)20-14-38-22(35-20)10-18(13-34-38)25(17-4-5-17)36-23(40)12-27(3,29)30/h10-11,13-17,24-25H,4-9,12H2,1-3H3,(H2,33,41)(H,36,40)/t24-,25-/m1/s1. The van der Waals surface area contributed by atoms with Crippen molar-refractivity contribution < 1.29 is 27.2 Å². The second kappa shape index (κ2) is 10.7. The van der Waals surface area contributed by atoms with E-state index in [1.165, 1.54) is 4.68 Å². The quantitative estimate of drug-likeness (QED) is 0.322. The van der Waals surface area contributed by atoms with Crippen molar-refractivity contribution in [2.24, 2.45) is 17.6 Å². The van der Waals surface area contributed by atoms with Crippen molar-refractivity contribution in [2.75, 3.05) is 0 Å². The molecule has 2 aliphatic carbocycles. The number of rotatable bonds is 10. The number of hydrogen-bond acceptors (Lipinski definition) is 5. The molecular weight excluding hydrogens is 542 g/mol. The Morgan fingerprint density at radius 3 is 2.37 bits per heavy atom. The van der Waals surface area contributed by atoms with Crippen LogP contribution in [-0.4, -0.2) is 48.0 Å². The first-order chi connectivity index (χ1) is 19.2. The van der Waals surface area contributed by atoms with Crippen LogP contribution in [0.2, 0.25) is 0 Å². The van der Waals surface area contributed by atoms with Crippen LogP contribution in [0, 0.1) is 11.8 Å². The Labute approximate surface area is 234 Å². The molecule has 2 fully saturated rings.